The Hall–Kier alpha value is -3.96. The second-order valence-electron chi connectivity index (χ2n) is 17.0. The molecule has 66 heavy (non-hydrogen) atoms. The Kier molecular flexibility index (Phi) is 52.0. The van der Waals surface area contributed by atoms with Gasteiger partial charge in [-0.3, -0.25) is 9.59 Å². The molecule has 0 aromatic rings. The van der Waals surface area contributed by atoms with Crippen molar-refractivity contribution < 1.29 is 23.8 Å². The minimum atomic E-state index is -0.608. The molecule has 0 bridgehead atoms. The maximum atomic E-state index is 12.8. The summed E-state index contributed by atoms with van der Waals surface area (Å²) in [7, 11) is 0. The molecule has 0 saturated carbocycles. The maximum Gasteiger partial charge on any atom is 0.306 e. The van der Waals surface area contributed by atoms with Crippen LogP contribution in [0.3, 0.4) is 0 Å². The van der Waals surface area contributed by atoms with E-state index in [1.54, 1.807) is 0 Å². The first-order valence-corrected chi connectivity index (χ1v) is 26.7. The smallest absolute Gasteiger partial charge is 0.306 e. The predicted molar refractivity (Wildman–Crippen MR) is 288 cm³/mol. The van der Waals surface area contributed by atoms with Gasteiger partial charge >= 0.3 is 11.9 Å². The Morgan fingerprint density at radius 3 is 1.15 bits per heavy atom. The fourth-order valence-electron chi connectivity index (χ4n) is 6.76. The van der Waals surface area contributed by atoms with Crippen LogP contribution in [0, 0.1) is 0 Å². The number of carbonyl (C=O) groups is 2. The molecule has 1 unspecified atom stereocenters. The number of hydrogen-bond donors (Lipinski definition) is 0. The summed E-state index contributed by atoms with van der Waals surface area (Å²) in [5.41, 5.74) is 0. The van der Waals surface area contributed by atoms with Gasteiger partial charge in [-0.1, -0.05) is 212 Å². The van der Waals surface area contributed by atoms with Crippen molar-refractivity contribution in [3.05, 3.63) is 134 Å². The minimum absolute atomic E-state index is 0.0283. The van der Waals surface area contributed by atoms with Crippen LogP contribution in [0.2, 0.25) is 0 Å². The van der Waals surface area contributed by atoms with E-state index in [0.29, 0.717) is 19.4 Å². The van der Waals surface area contributed by atoms with Crippen LogP contribution in [0.4, 0.5) is 0 Å². The first-order chi connectivity index (χ1) is 32.6. The van der Waals surface area contributed by atoms with Crippen LogP contribution in [0.25, 0.3) is 0 Å². The van der Waals surface area contributed by atoms with Gasteiger partial charge in [-0.05, 0) is 122 Å². The summed E-state index contributed by atoms with van der Waals surface area (Å²) in [4.78, 5) is 25.4. The summed E-state index contributed by atoms with van der Waals surface area (Å²) in [6.07, 6.45) is 79.1. The highest BCUT2D eigenvalue weighted by molar-refractivity contribution is 5.70. The molecule has 0 spiro atoms. The molecule has 372 valence electrons. The molecule has 0 rings (SSSR count). The molecule has 0 heterocycles. The van der Waals surface area contributed by atoms with Gasteiger partial charge in [-0.2, -0.15) is 0 Å². The lowest BCUT2D eigenvalue weighted by atomic mass is 10.1. The summed E-state index contributed by atoms with van der Waals surface area (Å²) in [5.74, 6) is -0.529. The van der Waals surface area contributed by atoms with Gasteiger partial charge in [0.25, 0.3) is 0 Å². The molecular formula is C61H98O5. The van der Waals surface area contributed by atoms with Crippen molar-refractivity contribution in [2.45, 2.75) is 219 Å². The van der Waals surface area contributed by atoms with E-state index in [1.807, 2.05) is 6.08 Å². The Morgan fingerprint density at radius 2 is 0.712 bits per heavy atom. The van der Waals surface area contributed by atoms with E-state index < -0.39 is 6.10 Å². The van der Waals surface area contributed by atoms with Crippen molar-refractivity contribution in [2.75, 3.05) is 19.8 Å². The van der Waals surface area contributed by atoms with Crippen LogP contribution < -0.4 is 0 Å². The molecule has 5 nitrogen and oxygen atoms in total. The topological polar surface area (TPSA) is 61.8 Å². The fraction of sp³-hybridized carbons (Fsp3) is 0.607. The highest BCUT2D eigenvalue weighted by Crippen LogP contribution is 2.13. The second-order valence-corrected chi connectivity index (χ2v) is 17.0. The summed E-state index contributed by atoms with van der Waals surface area (Å²) in [6.45, 7) is 7.37. The van der Waals surface area contributed by atoms with E-state index in [1.165, 1.54) is 70.6 Å². The molecule has 0 fully saturated rings. The van der Waals surface area contributed by atoms with E-state index in [2.05, 4.69) is 148 Å². The zero-order valence-corrected chi connectivity index (χ0v) is 42.7. The predicted octanol–water partition coefficient (Wildman–Crippen LogP) is 18.3. The Bertz CT molecular complexity index is 1400. The van der Waals surface area contributed by atoms with Crippen molar-refractivity contribution in [1.82, 2.24) is 0 Å². The highest BCUT2D eigenvalue weighted by Gasteiger charge is 2.17. The van der Waals surface area contributed by atoms with Gasteiger partial charge in [-0.25, -0.2) is 0 Å². The van der Waals surface area contributed by atoms with E-state index in [9.17, 15) is 9.59 Å². The number of hydrogen-bond acceptors (Lipinski definition) is 5. The number of allylic oxidation sites excluding steroid dienone is 22. The van der Waals surface area contributed by atoms with E-state index in [-0.39, 0.29) is 31.6 Å². The van der Waals surface area contributed by atoms with Crippen molar-refractivity contribution in [2.24, 2.45) is 0 Å². The molecule has 0 aliphatic heterocycles. The average molecular weight is 911 g/mol. The zero-order chi connectivity index (χ0) is 47.7. The summed E-state index contributed by atoms with van der Waals surface area (Å²) < 4.78 is 17.3. The van der Waals surface area contributed by atoms with Crippen molar-refractivity contribution >= 4 is 11.9 Å². The Labute approximate surface area is 407 Å². The first kappa shape index (κ1) is 62.0. The Balaban J connectivity index is 4.43. The molecule has 0 N–H and O–H groups in total. The highest BCUT2D eigenvalue weighted by atomic mass is 16.6. The fourth-order valence-corrected chi connectivity index (χ4v) is 6.76. The van der Waals surface area contributed by atoms with Gasteiger partial charge in [0.1, 0.15) is 6.61 Å². The molecule has 0 radical (unpaired) electrons. The summed E-state index contributed by atoms with van der Waals surface area (Å²) in [6, 6.07) is 0. The molecule has 1 atom stereocenters. The Morgan fingerprint density at radius 1 is 0.348 bits per heavy atom. The van der Waals surface area contributed by atoms with Gasteiger partial charge in [0.15, 0.2) is 6.10 Å². The van der Waals surface area contributed by atoms with Crippen LogP contribution in [0.5, 0.6) is 0 Å². The normalized spacial score (nSPS) is 13.3. The molecule has 5 heteroatoms. The van der Waals surface area contributed by atoms with Crippen molar-refractivity contribution in [3.8, 4) is 0 Å². The van der Waals surface area contributed by atoms with Gasteiger partial charge in [0, 0.05) is 19.4 Å². The standard InChI is InChI=1S/C61H98O5/c1-4-7-10-13-16-19-22-25-27-29-31-32-34-37-39-42-45-48-51-54-60(62)65-58-59(66-61(63)55-52-49-46-43-40-36-24-21-18-15-12-9-6-3)57-64-56-53-50-47-44-41-38-35-33-30-28-26-23-20-17-14-11-8-5-2/h8-9,11-12,16-21,25-28,33,35-36,40-41,44,46,49,59H,4-7,10,13-15,22-24,29-32,34,37-39,42-43,45,47-48,50-58H2,1-3H3/b11-8-,12-9-,19-16-,20-17-,21-18-,27-25-,28-26-,35-33-,40-36-,44-41-,49-46-. The molecule has 0 aromatic heterocycles. The average Bonchev–Trinajstić information content (AvgIpc) is 3.32. The van der Waals surface area contributed by atoms with Crippen molar-refractivity contribution in [3.63, 3.8) is 0 Å². The number of ether oxygens (including phenoxy) is 3. The third-order valence-electron chi connectivity index (χ3n) is 10.7. The van der Waals surface area contributed by atoms with Gasteiger partial charge in [0.2, 0.25) is 0 Å². The van der Waals surface area contributed by atoms with Crippen LogP contribution in [-0.4, -0.2) is 37.9 Å². The minimum Gasteiger partial charge on any atom is -0.462 e. The molecule has 0 aliphatic rings. The van der Waals surface area contributed by atoms with Crippen LogP contribution >= 0.6 is 0 Å². The number of esters is 2. The van der Waals surface area contributed by atoms with Crippen molar-refractivity contribution in [1.29, 1.82) is 0 Å². The first-order valence-electron chi connectivity index (χ1n) is 26.7. The lowest BCUT2D eigenvalue weighted by molar-refractivity contribution is -0.162. The lowest BCUT2D eigenvalue weighted by Gasteiger charge is -2.18. The maximum absolute atomic E-state index is 12.8. The summed E-state index contributed by atoms with van der Waals surface area (Å²) >= 11 is 0. The largest absolute Gasteiger partial charge is 0.462 e. The van der Waals surface area contributed by atoms with E-state index in [4.69, 9.17) is 14.2 Å². The van der Waals surface area contributed by atoms with E-state index in [0.717, 1.165) is 103 Å². The lowest BCUT2D eigenvalue weighted by Crippen LogP contribution is -2.30. The molecule has 0 saturated heterocycles. The van der Waals surface area contributed by atoms with Crippen LogP contribution in [0.1, 0.15) is 213 Å². The second kappa shape index (κ2) is 55.4. The van der Waals surface area contributed by atoms with Crippen LogP contribution in [0.15, 0.2) is 134 Å². The summed E-state index contributed by atoms with van der Waals surface area (Å²) in [5, 5.41) is 0. The molecule has 0 aromatic carbocycles. The molecule has 0 aliphatic carbocycles. The third kappa shape index (κ3) is 52.7. The van der Waals surface area contributed by atoms with Gasteiger partial charge in [-0.15, -0.1) is 0 Å². The van der Waals surface area contributed by atoms with Crippen LogP contribution in [-0.2, 0) is 23.8 Å². The van der Waals surface area contributed by atoms with E-state index >= 15 is 0 Å². The SMILES string of the molecule is CC/C=C\C/C=C\C/C=C\C/C=C\C/C=C\CCCCOCC(COC(=O)CCCCCCCCCCC/C=C\C/C=C\CCCCC)OC(=O)CC/C=C\C/C=C\C/C=C\C/C=C\CC. The van der Waals surface area contributed by atoms with Gasteiger partial charge in [0.05, 0.1) is 6.61 Å². The third-order valence-corrected chi connectivity index (χ3v) is 10.7. The van der Waals surface area contributed by atoms with Gasteiger partial charge < -0.3 is 14.2 Å². The number of rotatable bonds is 47. The molecular weight excluding hydrogens is 813 g/mol. The number of carbonyl (C=O) groups excluding carboxylic acids is 2. The quantitative estimate of drug-likeness (QED) is 0.0346. The number of unbranched alkanes of at least 4 members (excludes halogenated alkanes) is 14. The monoisotopic (exact) mass is 911 g/mol. The molecule has 0 amide bonds. The zero-order valence-electron chi connectivity index (χ0n) is 42.7.